The minimum Gasteiger partial charge on any atom is -0.466 e. The minimum atomic E-state index is -0.672. The van der Waals surface area contributed by atoms with Crippen molar-refractivity contribution in [3.63, 3.8) is 0 Å². The number of nitrogens with one attached hydrogen (secondary N) is 1. The van der Waals surface area contributed by atoms with E-state index in [9.17, 15) is 19.8 Å². The number of carbonyl (C=O) groups excluding carboxylic acids is 2. The van der Waals surface area contributed by atoms with Gasteiger partial charge in [-0.05, 0) is 89.9 Å². The van der Waals surface area contributed by atoms with E-state index in [1.165, 1.54) is 193 Å². The van der Waals surface area contributed by atoms with Gasteiger partial charge in [-0.2, -0.15) is 0 Å². The fourth-order valence-corrected chi connectivity index (χ4v) is 8.84. The topological polar surface area (TPSA) is 95.9 Å². The molecule has 0 spiro atoms. The largest absolute Gasteiger partial charge is 0.466 e. The van der Waals surface area contributed by atoms with Crippen molar-refractivity contribution in [1.29, 1.82) is 0 Å². The SMILES string of the molecule is CCCCC/C=C\C/C=C\CCCCCCCC(=O)OCCCCC/C=C\C=C/CCCCCCCCCCCCC(=O)NC(CO)C(O)CCCCCCCCCCCCCCCCCC. The molecular weight excluding hydrogens is 827 g/mol. The van der Waals surface area contributed by atoms with Gasteiger partial charge in [0.1, 0.15) is 0 Å². The zero-order valence-electron chi connectivity index (χ0n) is 44.6. The highest BCUT2D eigenvalue weighted by Crippen LogP contribution is 2.17. The molecule has 0 saturated heterocycles. The van der Waals surface area contributed by atoms with Crippen molar-refractivity contribution in [3.05, 3.63) is 48.6 Å². The molecule has 0 radical (unpaired) electrons. The van der Waals surface area contributed by atoms with Gasteiger partial charge in [0.2, 0.25) is 5.91 Å². The highest BCUT2D eigenvalue weighted by molar-refractivity contribution is 5.76. The van der Waals surface area contributed by atoms with Crippen molar-refractivity contribution in [2.24, 2.45) is 0 Å². The first-order valence-electron chi connectivity index (χ1n) is 29.4. The second kappa shape index (κ2) is 56.4. The summed E-state index contributed by atoms with van der Waals surface area (Å²) in [5.41, 5.74) is 0. The molecule has 0 aromatic rings. The Balaban J connectivity index is 3.49. The molecule has 0 rings (SSSR count). The Hall–Kier alpha value is -2.18. The fraction of sp³-hybridized carbons (Fsp3) is 0.836. The van der Waals surface area contributed by atoms with Crippen LogP contribution in [-0.2, 0) is 14.3 Å². The highest BCUT2D eigenvalue weighted by Gasteiger charge is 2.20. The van der Waals surface area contributed by atoms with Crippen LogP contribution in [0.15, 0.2) is 48.6 Å². The van der Waals surface area contributed by atoms with Crippen LogP contribution in [0.25, 0.3) is 0 Å². The molecule has 0 bridgehead atoms. The summed E-state index contributed by atoms with van der Waals surface area (Å²) in [5.74, 6) is -0.0722. The van der Waals surface area contributed by atoms with Crippen LogP contribution in [0.5, 0.6) is 0 Å². The van der Waals surface area contributed by atoms with Crippen LogP contribution in [0.4, 0.5) is 0 Å². The maximum Gasteiger partial charge on any atom is 0.305 e. The molecule has 0 heterocycles. The molecule has 6 nitrogen and oxygen atoms in total. The zero-order valence-corrected chi connectivity index (χ0v) is 44.6. The molecule has 2 unspecified atom stereocenters. The Morgan fingerprint density at radius 1 is 0.433 bits per heavy atom. The Morgan fingerprint density at radius 3 is 1.25 bits per heavy atom. The molecule has 0 aliphatic heterocycles. The third-order valence-electron chi connectivity index (χ3n) is 13.4. The molecular formula is C61H113NO5. The number of esters is 1. The van der Waals surface area contributed by atoms with Gasteiger partial charge in [0.25, 0.3) is 0 Å². The number of rotatable bonds is 54. The van der Waals surface area contributed by atoms with Crippen LogP contribution in [0.3, 0.4) is 0 Å². The summed E-state index contributed by atoms with van der Waals surface area (Å²) < 4.78 is 5.44. The van der Waals surface area contributed by atoms with E-state index in [0.717, 1.165) is 77.0 Å². The number of amides is 1. The van der Waals surface area contributed by atoms with Crippen molar-refractivity contribution >= 4 is 11.9 Å². The minimum absolute atomic E-state index is 0.0276. The summed E-state index contributed by atoms with van der Waals surface area (Å²) in [7, 11) is 0. The second-order valence-corrected chi connectivity index (χ2v) is 20.0. The number of hydrogen-bond donors (Lipinski definition) is 3. The Kier molecular flexibility index (Phi) is 54.6. The maximum atomic E-state index is 12.5. The normalized spacial score (nSPS) is 13.0. The van der Waals surface area contributed by atoms with Crippen LogP contribution < -0.4 is 5.32 Å². The van der Waals surface area contributed by atoms with E-state index >= 15 is 0 Å². The fourth-order valence-electron chi connectivity index (χ4n) is 8.84. The number of carbonyl (C=O) groups is 2. The highest BCUT2D eigenvalue weighted by atomic mass is 16.5. The van der Waals surface area contributed by atoms with Gasteiger partial charge in [-0.3, -0.25) is 9.59 Å². The number of aliphatic hydroxyl groups is 2. The van der Waals surface area contributed by atoms with Crippen molar-refractivity contribution in [3.8, 4) is 0 Å². The first-order valence-corrected chi connectivity index (χ1v) is 29.4. The molecule has 0 fully saturated rings. The summed E-state index contributed by atoms with van der Waals surface area (Å²) in [4.78, 5) is 24.5. The van der Waals surface area contributed by atoms with Crippen LogP contribution in [0.1, 0.15) is 303 Å². The van der Waals surface area contributed by atoms with E-state index in [1.807, 2.05) is 0 Å². The summed E-state index contributed by atoms with van der Waals surface area (Å²) >= 11 is 0. The number of ether oxygens (including phenoxy) is 1. The predicted octanol–water partition coefficient (Wildman–Crippen LogP) is 18.2. The van der Waals surface area contributed by atoms with Gasteiger partial charge in [0, 0.05) is 12.8 Å². The van der Waals surface area contributed by atoms with Crippen LogP contribution in [0.2, 0.25) is 0 Å². The van der Waals surface area contributed by atoms with Gasteiger partial charge in [-0.25, -0.2) is 0 Å². The van der Waals surface area contributed by atoms with Crippen molar-refractivity contribution in [2.45, 2.75) is 315 Å². The lowest BCUT2D eigenvalue weighted by atomic mass is 10.0. The standard InChI is InChI=1S/C61H113NO5/c1-3-5-7-9-11-13-15-17-19-26-29-33-37-41-45-49-53-59(64)58(57-63)62-60(65)54-50-46-42-38-34-30-27-23-21-20-22-24-28-32-36-40-44-48-52-56-67-61(66)55-51-47-43-39-35-31-25-18-16-14-12-10-8-6-4-2/h12,14,18,24-25,28,32,36,58-59,63-64H,3-11,13,15-17,19-23,26-27,29-31,33-35,37-57H2,1-2H3,(H,62,65)/b14-12-,25-18-,28-24-,36-32-. The molecule has 0 aromatic carbocycles. The summed E-state index contributed by atoms with van der Waals surface area (Å²) in [6, 6.07) is -0.550. The van der Waals surface area contributed by atoms with Gasteiger partial charge < -0.3 is 20.3 Å². The van der Waals surface area contributed by atoms with Crippen LogP contribution in [-0.4, -0.2) is 47.4 Å². The number of aliphatic hydroxyl groups excluding tert-OH is 2. The van der Waals surface area contributed by atoms with E-state index in [4.69, 9.17) is 4.74 Å². The van der Waals surface area contributed by atoms with E-state index in [-0.39, 0.29) is 18.5 Å². The van der Waals surface area contributed by atoms with Crippen LogP contribution >= 0.6 is 0 Å². The lowest BCUT2D eigenvalue weighted by Gasteiger charge is -2.22. The number of allylic oxidation sites excluding steroid dienone is 8. The van der Waals surface area contributed by atoms with Crippen molar-refractivity contribution < 1.29 is 24.5 Å². The van der Waals surface area contributed by atoms with E-state index in [1.54, 1.807) is 0 Å². The lowest BCUT2D eigenvalue weighted by molar-refractivity contribution is -0.143. The molecule has 1 amide bonds. The lowest BCUT2D eigenvalue weighted by Crippen LogP contribution is -2.45. The van der Waals surface area contributed by atoms with Crippen molar-refractivity contribution in [1.82, 2.24) is 5.32 Å². The van der Waals surface area contributed by atoms with E-state index in [2.05, 4.69) is 67.8 Å². The Labute approximate surface area is 416 Å². The van der Waals surface area contributed by atoms with Gasteiger partial charge in [-0.1, -0.05) is 249 Å². The summed E-state index contributed by atoms with van der Waals surface area (Å²) in [6.07, 6.45) is 71.0. The molecule has 2 atom stereocenters. The maximum absolute atomic E-state index is 12.5. The average Bonchev–Trinajstić information content (AvgIpc) is 3.33. The van der Waals surface area contributed by atoms with E-state index < -0.39 is 12.1 Å². The quantitative estimate of drug-likeness (QED) is 0.0244. The second-order valence-electron chi connectivity index (χ2n) is 20.0. The number of unbranched alkanes of at least 4 members (excludes halogenated alkanes) is 36. The molecule has 6 heteroatoms. The first kappa shape index (κ1) is 64.8. The summed E-state index contributed by atoms with van der Waals surface area (Å²) in [6.45, 7) is 4.88. The molecule has 392 valence electrons. The van der Waals surface area contributed by atoms with Gasteiger partial charge in [0.15, 0.2) is 0 Å². The van der Waals surface area contributed by atoms with Gasteiger partial charge in [0.05, 0.1) is 25.4 Å². The summed E-state index contributed by atoms with van der Waals surface area (Å²) in [5, 5.41) is 23.3. The molecule has 0 saturated carbocycles. The van der Waals surface area contributed by atoms with Crippen molar-refractivity contribution in [2.75, 3.05) is 13.2 Å². The Bertz CT molecular complexity index is 1130. The van der Waals surface area contributed by atoms with Crippen LogP contribution in [0, 0.1) is 0 Å². The third kappa shape index (κ3) is 53.0. The third-order valence-corrected chi connectivity index (χ3v) is 13.4. The smallest absolute Gasteiger partial charge is 0.305 e. The first-order chi connectivity index (χ1) is 33.0. The Morgan fingerprint density at radius 2 is 0.791 bits per heavy atom. The monoisotopic (exact) mass is 940 g/mol. The molecule has 3 N–H and O–H groups in total. The van der Waals surface area contributed by atoms with E-state index in [0.29, 0.717) is 25.9 Å². The molecule has 0 aliphatic carbocycles. The zero-order chi connectivity index (χ0) is 48.6. The van der Waals surface area contributed by atoms with Gasteiger partial charge in [-0.15, -0.1) is 0 Å². The molecule has 67 heavy (non-hydrogen) atoms. The average molecular weight is 941 g/mol. The molecule has 0 aromatic heterocycles. The molecule has 0 aliphatic rings. The number of hydrogen-bond acceptors (Lipinski definition) is 5. The predicted molar refractivity (Wildman–Crippen MR) is 292 cm³/mol. The van der Waals surface area contributed by atoms with Gasteiger partial charge >= 0.3 is 5.97 Å².